The number of fused-ring (bicyclic) bond motifs is 1. The normalized spacial score (nSPS) is 19.9. The lowest BCUT2D eigenvalue weighted by Crippen LogP contribution is -2.30. The second-order valence-corrected chi connectivity index (χ2v) is 5.30. The summed E-state index contributed by atoms with van der Waals surface area (Å²) in [6.07, 6.45) is 1.24. The summed E-state index contributed by atoms with van der Waals surface area (Å²) in [6, 6.07) is 6.61. The molecule has 0 fully saturated rings. The van der Waals surface area contributed by atoms with Gasteiger partial charge in [0.05, 0.1) is 5.69 Å². The molecular weight excluding hydrogens is 204 g/mol. The molecule has 1 aromatic rings. The molecule has 0 radical (unpaired) electrons. The van der Waals surface area contributed by atoms with Crippen LogP contribution in [0.5, 0.6) is 0 Å². The van der Waals surface area contributed by atoms with Crippen LogP contribution >= 0.6 is 11.8 Å². The first-order valence-electron chi connectivity index (χ1n) is 5.44. The molecule has 0 bridgehead atoms. The van der Waals surface area contributed by atoms with Crippen LogP contribution in [0.15, 0.2) is 23.1 Å². The number of thioether (sulfide) groups is 1. The lowest BCUT2D eigenvalue weighted by Gasteiger charge is -2.32. The number of rotatable bonds is 2. The van der Waals surface area contributed by atoms with Crippen LogP contribution in [-0.2, 0) is 0 Å². The minimum Gasteiger partial charge on any atom is -0.388 e. The smallest absolute Gasteiger partial charge is 0.0523 e. The molecule has 82 valence electrons. The molecular formula is C12H18N2S. The van der Waals surface area contributed by atoms with Gasteiger partial charge in [0.25, 0.3) is 0 Å². The summed E-state index contributed by atoms with van der Waals surface area (Å²) < 4.78 is 0. The highest BCUT2D eigenvalue weighted by molar-refractivity contribution is 8.00. The van der Waals surface area contributed by atoms with Crippen molar-refractivity contribution in [1.82, 2.24) is 0 Å². The summed E-state index contributed by atoms with van der Waals surface area (Å²) in [5, 5.41) is 3.93. The van der Waals surface area contributed by atoms with Gasteiger partial charge in [0.2, 0.25) is 0 Å². The highest BCUT2D eigenvalue weighted by Crippen LogP contribution is 2.40. The molecule has 1 atom stereocenters. The molecule has 0 aromatic heterocycles. The fourth-order valence-corrected chi connectivity index (χ4v) is 3.21. The van der Waals surface area contributed by atoms with E-state index in [1.165, 1.54) is 22.7 Å². The monoisotopic (exact) mass is 222 g/mol. The quantitative estimate of drug-likeness (QED) is 0.828. The van der Waals surface area contributed by atoms with Crippen LogP contribution in [0.2, 0.25) is 0 Å². The van der Waals surface area contributed by atoms with Gasteiger partial charge < -0.3 is 10.2 Å². The summed E-state index contributed by atoms with van der Waals surface area (Å²) in [7, 11) is 4.15. The summed E-state index contributed by atoms with van der Waals surface area (Å²) >= 11 is 2.01. The van der Waals surface area contributed by atoms with E-state index in [2.05, 4.69) is 42.4 Å². The van der Waals surface area contributed by atoms with Crippen molar-refractivity contribution in [2.75, 3.05) is 30.9 Å². The number of benzene rings is 1. The average molecular weight is 222 g/mol. The Balaban J connectivity index is 2.32. The maximum atomic E-state index is 3.19. The van der Waals surface area contributed by atoms with Gasteiger partial charge in [-0.1, -0.05) is 6.92 Å². The zero-order chi connectivity index (χ0) is 10.8. The van der Waals surface area contributed by atoms with Crippen LogP contribution < -0.4 is 10.2 Å². The van der Waals surface area contributed by atoms with Crippen LogP contribution in [0.3, 0.4) is 0 Å². The third kappa shape index (κ3) is 2.07. The zero-order valence-electron chi connectivity index (χ0n) is 9.58. The standard InChI is InChI=1S/C12H18N2S/c1-4-10-8-14(3)11-7-9(13-2)5-6-12(11)15-10/h5-7,10,13H,4,8H2,1-3H3. The Hall–Kier alpha value is -0.830. The van der Waals surface area contributed by atoms with E-state index < -0.39 is 0 Å². The van der Waals surface area contributed by atoms with Gasteiger partial charge in [-0.15, -0.1) is 11.8 Å². The Morgan fingerprint density at radius 3 is 3.00 bits per heavy atom. The van der Waals surface area contributed by atoms with Gasteiger partial charge >= 0.3 is 0 Å². The molecule has 3 heteroatoms. The first-order valence-corrected chi connectivity index (χ1v) is 6.32. The van der Waals surface area contributed by atoms with E-state index in [9.17, 15) is 0 Å². The number of nitrogens with zero attached hydrogens (tertiary/aromatic N) is 1. The van der Waals surface area contributed by atoms with Crippen molar-refractivity contribution in [3.05, 3.63) is 18.2 Å². The van der Waals surface area contributed by atoms with Gasteiger partial charge in [0.1, 0.15) is 0 Å². The Bertz CT molecular complexity index is 351. The van der Waals surface area contributed by atoms with E-state index in [1.807, 2.05) is 18.8 Å². The predicted molar refractivity (Wildman–Crippen MR) is 69.2 cm³/mol. The van der Waals surface area contributed by atoms with Gasteiger partial charge in [-0.05, 0) is 24.6 Å². The third-order valence-electron chi connectivity index (χ3n) is 2.89. The minimum absolute atomic E-state index is 0.739. The van der Waals surface area contributed by atoms with Crippen LogP contribution in [0.1, 0.15) is 13.3 Å². The first kappa shape index (κ1) is 10.7. The van der Waals surface area contributed by atoms with Gasteiger partial charge in [-0.2, -0.15) is 0 Å². The summed E-state index contributed by atoms with van der Waals surface area (Å²) in [5.41, 5.74) is 2.55. The SMILES string of the molecule is CCC1CN(C)c2cc(NC)ccc2S1. The third-order valence-corrected chi connectivity index (χ3v) is 4.30. The number of hydrogen-bond acceptors (Lipinski definition) is 3. The lowest BCUT2D eigenvalue weighted by atomic mass is 10.2. The van der Waals surface area contributed by atoms with Crippen molar-refractivity contribution in [2.24, 2.45) is 0 Å². The van der Waals surface area contributed by atoms with Crippen molar-refractivity contribution in [3.63, 3.8) is 0 Å². The fourth-order valence-electron chi connectivity index (χ4n) is 1.90. The molecule has 0 aliphatic carbocycles. The van der Waals surface area contributed by atoms with Gasteiger partial charge in [-0.3, -0.25) is 0 Å². The molecule has 0 saturated heterocycles. The molecule has 15 heavy (non-hydrogen) atoms. The van der Waals surface area contributed by atoms with E-state index >= 15 is 0 Å². The molecule has 1 aromatic carbocycles. The summed E-state index contributed by atoms with van der Waals surface area (Å²) in [6.45, 7) is 3.42. The molecule has 2 nitrogen and oxygen atoms in total. The lowest BCUT2D eigenvalue weighted by molar-refractivity contribution is 0.767. The van der Waals surface area contributed by atoms with Crippen LogP contribution in [0, 0.1) is 0 Å². The van der Waals surface area contributed by atoms with E-state index in [0.29, 0.717) is 0 Å². The molecule has 0 amide bonds. The highest BCUT2D eigenvalue weighted by atomic mass is 32.2. The maximum Gasteiger partial charge on any atom is 0.0523 e. The summed E-state index contributed by atoms with van der Waals surface area (Å²) in [4.78, 5) is 3.77. The topological polar surface area (TPSA) is 15.3 Å². The summed E-state index contributed by atoms with van der Waals surface area (Å²) in [5.74, 6) is 0. The van der Waals surface area contributed by atoms with E-state index in [1.54, 1.807) is 0 Å². The molecule has 0 saturated carbocycles. The Morgan fingerprint density at radius 2 is 2.33 bits per heavy atom. The number of hydrogen-bond donors (Lipinski definition) is 1. The maximum absolute atomic E-state index is 3.19. The number of nitrogens with one attached hydrogen (secondary N) is 1. The van der Waals surface area contributed by atoms with Crippen molar-refractivity contribution in [1.29, 1.82) is 0 Å². The Morgan fingerprint density at radius 1 is 1.53 bits per heavy atom. The molecule has 1 unspecified atom stereocenters. The Labute approximate surface area is 96.0 Å². The largest absolute Gasteiger partial charge is 0.388 e. The molecule has 1 heterocycles. The second kappa shape index (κ2) is 4.35. The average Bonchev–Trinajstić information content (AvgIpc) is 2.28. The molecule has 1 aliphatic rings. The second-order valence-electron chi connectivity index (χ2n) is 3.96. The van der Waals surface area contributed by atoms with Crippen LogP contribution in [-0.4, -0.2) is 25.9 Å². The molecule has 1 aliphatic heterocycles. The minimum atomic E-state index is 0.739. The zero-order valence-corrected chi connectivity index (χ0v) is 10.4. The highest BCUT2D eigenvalue weighted by Gasteiger charge is 2.21. The number of anilines is 2. The Kier molecular flexibility index (Phi) is 3.10. The van der Waals surface area contributed by atoms with E-state index in [0.717, 1.165) is 11.8 Å². The van der Waals surface area contributed by atoms with Crippen molar-refractivity contribution >= 4 is 23.1 Å². The predicted octanol–water partition coefficient (Wildman–Crippen LogP) is 3.05. The van der Waals surface area contributed by atoms with Crippen molar-refractivity contribution in [2.45, 2.75) is 23.5 Å². The first-order chi connectivity index (χ1) is 7.24. The van der Waals surface area contributed by atoms with Gasteiger partial charge in [0, 0.05) is 36.5 Å². The van der Waals surface area contributed by atoms with E-state index in [-0.39, 0.29) is 0 Å². The van der Waals surface area contributed by atoms with Crippen molar-refractivity contribution in [3.8, 4) is 0 Å². The van der Waals surface area contributed by atoms with Crippen LogP contribution in [0.4, 0.5) is 11.4 Å². The van der Waals surface area contributed by atoms with Crippen molar-refractivity contribution < 1.29 is 0 Å². The van der Waals surface area contributed by atoms with Gasteiger partial charge in [0.15, 0.2) is 0 Å². The van der Waals surface area contributed by atoms with Crippen LogP contribution in [0.25, 0.3) is 0 Å². The molecule has 2 rings (SSSR count). The van der Waals surface area contributed by atoms with E-state index in [4.69, 9.17) is 0 Å². The fraction of sp³-hybridized carbons (Fsp3) is 0.500. The molecule has 0 spiro atoms. The molecule has 1 N–H and O–H groups in total. The van der Waals surface area contributed by atoms with Gasteiger partial charge in [-0.25, -0.2) is 0 Å².